The number of rotatable bonds is 13. The fourth-order valence-electron chi connectivity index (χ4n) is 6.89. The fourth-order valence-corrected chi connectivity index (χ4v) is 6.89. The molecule has 1 saturated carbocycles. The van der Waals surface area contributed by atoms with E-state index in [9.17, 15) is 18.7 Å². The molecule has 2 aliphatic rings. The Balaban J connectivity index is 1.26. The molecular weight excluding hydrogens is 726 g/mol. The summed E-state index contributed by atoms with van der Waals surface area (Å²) in [4.78, 5) is 31.8. The van der Waals surface area contributed by atoms with Crippen LogP contribution in [0.2, 0.25) is 0 Å². The van der Waals surface area contributed by atoms with E-state index in [0.29, 0.717) is 66.4 Å². The number of halogens is 2. The van der Waals surface area contributed by atoms with Gasteiger partial charge in [0.1, 0.15) is 23.1 Å². The lowest BCUT2D eigenvalue weighted by atomic mass is 10.2. The summed E-state index contributed by atoms with van der Waals surface area (Å²) < 4.78 is 49.0. The minimum absolute atomic E-state index is 0.164. The third-order valence-electron chi connectivity index (χ3n) is 10.1. The van der Waals surface area contributed by atoms with Crippen molar-refractivity contribution in [1.82, 2.24) is 39.2 Å². The van der Waals surface area contributed by atoms with Crippen molar-refractivity contribution in [2.75, 3.05) is 57.3 Å². The molecule has 1 atom stereocenters. The molecule has 1 aliphatic carbocycles. The summed E-state index contributed by atoms with van der Waals surface area (Å²) in [5.41, 5.74) is 3.17. The second-order valence-corrected chi connectivity index (χ2v) is 13.7. The molecule has 4 heterocycles. The highest BCUT2D eigenvalue weighted by Crippen LogP contribution is 2.56. The van der Waals surface area contributed by atoms with Gasteiger partial charge in [0.2, 0.25) is 11.9 Å². The molecule has 3 aromatic heterocycles. The first-order chi connectivity index (χ1) is 27.1. The van der Waals surface area contributed by atoms with Gasteiger partial charge in [0.15, 0.2) is 11.5 Å². The topological polar surface area (TPSA) is 148 Å². The maximum atomic E-state index is 14.6. The lowest BCUT2D eigenvalue weighted by molar-refractivity contribution is 0.112. The molecule has 1 unspecified atom stereocenters. The van der Waals surface area contributed by atoms with Gasteiger partial charge < -0.3 is 34.0 Å². The number of nitrogens with zero attached hydrogens (tertiary/aromatic N) is 10. The Morgan fingerprint density at radius 1 is 0.857 bits per heavy atom. The van der Waals surface area contributed by atoms with Gasteiger partial charge in [-0.1, -0.05) is 36.4 Å². The van der Waals surface area contributed by atoms with Gasteiger partial charge in [-0.25, -0.2) is 23.2 Å². The monoisotopic (exact) mass is 766 g/mol. The lowest BCUT2D eigenvalue weighted by Crippen LogP contribution is -2.49. The Bertz CT molecular complexity index is 2340. The number of piperazine rings is 1. The molecule has 6 aromatic rings. The highest BCUT2D eigenvalue weighted by molar-refractivity contribution is 5.66. The van der Waals surface area contributed by atoms with Gasteiger partial charge in [0.05, 0.1) is 52.1 Å². The average molecular weight is 767 g/mol. The number of ether oxygens (including phenoxy) is 3. The third kappa shape index (κ3) is 7.31. The predicted molar refractivity (Wildman–Crippen MR) is 202 cm³/mol. The first kappa shape index (κ1) is 36.5. The largest absolute Gasteiger partial charge is 0.497 e. The van der Waals surface area contributed by atoms with Crippen LogP contribution < -0.4 is 24.0 Å². The van der Waals surface area contributed by atoms with Crippen LogP contribution in [-0.2, 0) is 19.6 Å². The second kappa shape index (κ2) is 15.0. The zero-order valence-corrected chi connectivity index (χ0v) is 31.0. The van der Waals surface area contributed by atoms with Crippen LogP contribution in [0.1, 0.15) is 34.9 Å². The number of para-hydroxylation sites is 1. The van der Waals surface area contributed by atoms with E-state index in [1.54, 1.807) is 21.3 Å². The summed E-state index contributed by atoms with van der Waals surface area (Å²) in [7, 11) is 4.82. The first-order valence-corrected chi connectivity index (χ1v) is 18.1. The number of alkyl halides is 2. The maximum Gasteiger partial charge on any atom is 0.407 e. The Kier molecular flexibility index (Phi) is 9.74. The lowest BCUT2D eigenvalue weighted by Gasteiger charge is -2.33. The highest BCUT2D eigenvalue weighted by Gasteiger charge is 2.59. The smallest absolute Gasteiger partial charge is 0.407 e. The molecule has 0 radical (unpaired) electrons. The van der Waals surface area contributed by atoms with E-state index in [1.807, 2.05) is 87.3 Å². The van der Waals surface area contributed by atoms with Gasteiger partial charge >= 0.3 is 6.09 Å². The summed E-state index contributed by atoms with van der Waals surface area (Å²) in [6, 6.07) is 22.8. The van der Waals surface area contributed by atoms with Gasteiger partial charge in [0, 0.05) is 44.7 Å². The number of amides is 1. The second-order valence-electron chi connectivity index (χ2n) is 13.7. The molecule has 56 heavy (non-hydrogen) atoms. The highest BCUT2D eigenvalue weighted by atomic mass is 19.3. The van der Waals surface area contributed by atoms with Crippen LogP contribution in [0.4, 0.5) is 25.5 Å². The summed E-state index contributed by atoms with van der Waals surface area (Å²) in [5, 5.41) is 19.2. The Morgan fingerprint density at radius 2 is 1.52 bits per heavy atom. The first-order valence-electron chi connectivity index (χ1n) is 18.1. The van der Waals surface area contributed by atoms with Crippen molar-refractivity contribution in [3.63, 3.8) is 0 Å². The van der Waals surface area contributed by atoms with Crippen molar-refractivity contribution < 1.29 is 32.9 Å². The Morgan fingerprint density at radius 3 is 2.14 bits per heavy atom. The number of benzene rings is 3. The van der Waals surface area contributed by atoms with Crippen molar-refractivity contribution in [2.45, 2.75) is 37.9 Å². The summed E-state index contributed by atoms with van der Waals surface area (Å²) in [6.07, 6.45) is 0.145. The van der Waals surface area contributed by atoms with Crippen molar-refractivity contribution in [3.8, 4) is 28.6 Å². The van der Waals surface area contributed by atoms with E-state index in [4.69, 9.17) is 34.3 Å². The van der Waals surface area contributed by atoms with Crippen LogP contribution in [0, 0.1) is 0 Å². The van der Waals surface area contributed by atoms with Gasteiger partial charge in [-0.15, -0.1) is 0 Å². The van der Waals surface area contributed by atoms with Crippen LogP contribution in [0.5, 0.6) is 17.2 Å². The normalized spacial score (nSPS) is 16.2. The molecule has 1 amide bonds. The molecule has 1 saturated heterocycles. The number of hydrogen-bond acceptors (Lipinski definition) is 11. The molecule has 3 aromatic carbocycles. The summed E-state index contributed by atoms with van der Waals surface area (Å²) in [5.74, 6) is -0.187. The van der Waals surface area contributed by atoms with Crippen LogP contribution in [0.25, 0.3) is 17.0 Å². The van der Waals surface area contributed by atoms with Crippen molar-refractivity contribution >= 4 is 23.6 Å². The third-order valence-corrected chi connectivity index (χ3v) is 10.1. The molecule has 1 aliphatic heterocycles. The zero-order valence-electron chi connectivity index (χ0n) is 31.0. The maximum absolute atomic E-state index is 14.6. The standard InChI is InChI=1S/C39H40F2N10O5/c1-54-27-12-8-25(9-13-27)22-49(24-33-43-34(29-6-4-5-7-32(29)56-3)46-50(33)23-26-10-14-28(55-2)15-11-26)37-45-36(47-16-18-48(19-17-47)38(52)53)44-35-30(21-42-51(35)37)31-20-39(31,40)41/h4-15,21,31H,16-20,22-24H2,1-3H3,(H,52,53). The van der Waals surface area contributed by atoms with Crippen molar-refractivity contribution in [1.29, 1.82) is 0 Å². The molecule has 8 rings (SSSR count). The molecule has 15 nitrogen and oxygen atoms in total. The van der Waals surface area contributed by atoms with E-state index in [1.165, 1.54) is 15.6 Å². The minimum Gasteiger partial charge on any atom is -0.497 e. The fraction of sp³-hybridized carbons (Fsp3) is 0.333. The minimum atomic E-state index is -2.86. The van der Waals surface area contributed by atoms with E-state index in [0.717, 1.165) is 16.9 Å². The molecule has 17 heteroatoms. The van der Waals surface area contributed by atoms with E-state index < -0.39 is 17.9 Å². The van der Waals surface area contributed by atoms with Crippen LogP contribution in [0.15, 0.2) is 79.0 Å². The Labute approximate surface area is 320 Å². The molecule has 1 N–H and O–H groups in total. The Hall–Kier alpha value is -6.52. The molecule has 2 fully saturated rings. The van der Waals surface area contributed by atoms with Crippen LogP contribution >= 0.6 is 0 Å². The number of fused-ring (bicyclic) bond motifs is 1. The number of hydrogen-bond donors (Lipinski definition) is 1. The number of anilines is 2. The molecule has 0 spiro atoms. The molecule has 290 valence electrons. The summed E-state index contributed by atoms with van der Waals surface area (Å²) in [6.45, 7) is 1.96. The van der Waals surface area contributed by atoms with Gasteiger partial charge in [-0.05, 0) is 47.5 Å². The van der Waals surface area contributed by atoms with Crippen molar-refractivity contribution in [2.24, 2.45) is 0 Å². The number of carbonyl (C=O) groups is 1. The SMILES string of the molecule is COc1ccc(CN(Cc2nc(-c3ccccc3OC)nn2Cc2ccc(OC)cc2)c2nc(N3CCN(C(=O)O)CC3)nc3c(C4CC4(F)F)cnn23)cc1. The van der Waals surface area contributed by atoms with Crippen molar-refractivity contribution in [3.05, 3.63) is 102 Å². The van der Waals surface area contributed by atoms with E-state index in [2.05, 4.69) is 5.10 Å². The summed E-state index contributed by atoms with van der Waals surface area (Å²) >= 11 is 0. The quantitative estimate of drug-likeness (QED) is 0.156. The van der Waals surface area contributed by atoms with Gasteiger partial charge in [-0.3, -0.25) is 0 Å². The van der Waals surface area contributed by atoms with Crippen LogP contribution in [0.3, 0.4) is 0 Å². The van der Waals surface area contributed by atoms with Gasteiger partial charge in [-0.2, -0.15) is 24.7 Å². The number of carboxylic acid groups (broad SMARTS) is 1. The number of methoxy groups -OCH3 is 3. The van der Waals surface area contributed by atoms with E-state index >= 15 is 0 Å². The van der Waals surface area contributed by atoms with Crippen LogP contribution in [-0.4, -0.2) is 104 Å². The predicted octanol–water partition coefficient (Wildman–Crippen LogP) is 5.59. The molecule has 0 bridgehead atoms. The number of aromatic nitrogens is 7. The average Bonchev–Trinajstić information content (AvgIpc) is 3.48. The van der Waals surface area contributed by atoms with E-state index in [-0.39, 0.29) is 37.7 Å². The molecular formula is C39H40F2N10O5. The van der Waals surface area contributed by atoms with Gasteiger partial charge in [0.25, 0.3) is 5.92 Å². The zero-order chi connectivity index (χ0) is 39.0.